The number of para-hydroxylation sites is 8. The summed E-state index contributed by atoms with van der Waals surface area (Å²) in [5, 5.41) is 12.0. The van der Waals surface area contributed by atoms with Crippen LogP contribution in [-0.2, 0) is 10.8 Å². The van der Waals surface area contributed by atoms with E-state index in [0.29, 0.717) is 17.5 Å². The Morgan fingerprint density at radius 1 is 0.233 bits per heavy atom. The molecule has 0 bridgehead atoms. The van der Waals surface area contributed by atoms with E-state index in [4.69, 9.17) is 19.7 Å². The third-order valence-corrected chi connectivity index (χ3v) is 27.7. The maximum absolute atomic E-state index is 7.28. The minimum atomic E-state index is -0.801. The average Bonchev–Trinajstić information content (AvgIpc) is 1.47. The molecule has 23 aromatic rings. The molecule has 4 aliphatic rings. The first-order valence-electron chi connectivity index (χ1n) is 41.1. The van der Waals surface area contributed by atoms with Crippen LogP contribution in [0.5, 0.6) is 11.5 Å². The van der Waals surface area contributed by atoms with Gasteiger partial charge in [0, 0.05) is 92.1 Å². The zero-order chi connectivity index (χ0) is 78.2. The zero-order valence-corrected chi connectivity index (χ0v) is 65.3. The quantitative estimate of drug-likeness (QED) is 0.159. The molecule has 0 aliphatic carbocycles. The SMILES string of the molecule is c1ccc(-c2nc(-c3cccc(-c4ccc5c(c4)c4cccc6c4n5-c4ccccc4C64c5ccccc5Oc5cc6c7ccccc7n(-c7ccc(-c8cccc9ccccc89)cc7)c6cc54)c3)nc(-c3cccc(-n4c5ccccc5c5ccc6c(c54)Sc4ccccc4C64c5ccccc5-n5c6ccccc6c6cccc4c65)c3)n2)cc1. The highest BCUT2D eigenvalue weighted by Crippen LogP contribution is 2.65. The number of ether oxygens (including phenoxy) is 1. The van der Waals surface area contributed by atoms with E-state index in [-0.39, 0.29) is 0 Å². The average molecular weight is 1540 g/mol. The number of aromatic nitrogens is 7. The summed E-state index contributed by atoms with van der Waals surface area (Å²) in [6, 6.07) is 146. The molecule has 9 heteroatoms. The molecule has 0 saturated carbocycles. The van der Waals surface area contributed by atoms with Crippen LogP contribution in [0.25, 0.3) is 177 Å². The molecule has 556 valence electrons. The second kappa shape index (κ2) is 24.6. The van der Waals surface area contributed by atoms with Crippen LogP contribution in [0.3, 0.4) is 0 Å². The summed E-state index contributed by atoms with van der Waals surface area (Å²) in [6.45, 7) is 0. The van der Waals surface area contributed by atoms with Gasteiger partial charge in [0.2, 0.25) is 0 Å². The fourth-order valence-electron chi connectivity index (χ4n) is 21.6. The van der Waals surface area contributed by atoms with E-state index >= 15 is 0 Å². The van der Waals surface area contributed by atoms with Crippen LogP contribution in [0.1, 0.15) is 44.5 Å². The number of benzene rings is 18. The lowest BCUT2D eigenvalue weighted by Crippen LogP contribution is -2.37. The zero-order valence-electron chi connectivity index (χ0n) is 64.5. The van der Waals surface area contributed by atoms with Gasteiger partial charge < -0.3 is 23.0 Å². The van der Waals surface area contributed by atoms with Gasteiger partial charge in [-0.2, -0.15) is 0 Å². The van der Waals surface area contributed by atoms with Crippen molar-refractivity contribution in [3.8, 4) is 90.7 Å². The molecule has 0 N–H and O–H groups in total. The summed E-state index contributed by atoms with van der Waals surface area (Å²) in [6.07, 6.45) is 0. The monoisotopic (exact) mass is 1540 g/mol. The topological polar surface area (TPSA) is 67.6 Å². The largest absolute Gasteiger partial charge is 0.457 e. The fourth-order valence-corrected chi connectivity index (χ4v) is 23.0. The van der Waals surface area contributed by atoms with Crippen molar-refractivity contribution in [3.05, 3.63) is 439 Å². The van der Waals surface area contributed by atoms with Crippen molar-refractivity contribution in [3.63, 3.8) is 0 Å². The van der Waals surface area contributed by atoms with Gasteiger partial charge in [-0.1, -0.05) is 309 Å². The van der Waals surface area contributed by atoms with Crippen molar-refractivity contribution in [2.45, 2.75) is 20.6 Å². The van der Waals surface area contributed by atoms with Gasteiger partial charge in [-0.15, -0.1) is 0 Å². The van der Waals surface area contributed by atoms with Crippen molar-refractivity contribution in [1.82, 2.24) is 33.2 Å². The first-order valence-corrected chi connectivity index (χ1v) is 41.9. The van der Waals surface area contributed by atoms with E-state index < -0.39 is 10.8 Å². The number of fused-ring (bicyclic) bond motifs is 30. The Labute approximate surface area is 693 Å². The molecule has 8 nitrogen and oxygen atoms in total. The molecule has 2 unspecified atom stereocenters. The standard InChI is InChI=1S/C111H65N7OS/c1-2-26-68(27-3-1)107-112-108(114-109(113-107)72-31-21-32-74(62-72)116-94-47-14-6-35-78(94)82-58-59-91-106(105(82)116)120-102-52-19-12-43-88(102)111(91)86-41-10-17-50-98(86)117-95-48-15-7-34-77(95)80-38-23-45-90(111)103(80)117)71-30-20-29-69(61-71)70-55-60-96-83(63-70)81-39-24-44-89-104(81)118(96)97-49-16-9-40-85(97)110(89)87-42-11-18-51-100(87)119-101-64-84-79-36-8-13-46-93(79)115(99(84)65-92(101)110)73-56-53-67(54-57-73)76-37-22-28-66-25-4-5-33-75(66)76/h1-65H. The van der Waals surface area contributed by atoms with Crippen molar-refractivity contribution in [2.75, 3.05) is 0 Å². The second-order valence-electron chi connectivity index (χ2n) is 32.3. The van der Waals surface area contributed by atoms with Gasteiger partial charge in [0.25, 0.3) is 0 Å². The molecule has 9 heterocycles. The van der Waals surface area contributed by atoms with E-state index in [1.807, 2.05) is 17.8 Å². The van der Waals surface area contributed by atoms with Crippen molar-refractivity contribution >= 4 is 110 Å². The third-order valence-electron chi connectivity index (χ3n) is 26.5. The molecule has 2 spiro atoms. The minimum absolute atomic E-state index is 0.580. The first-order chi connectivity index (χ1) is 59.5. The maximum atomic E-state index is 7.28. The van der Waals surface area contributed by atoms with Crippen LogP contribution in [-0.4, -0.2) is 33.2 Å². The molecular weight excluding hydrogens is 1480 g/mol. The van der Waals surface area contributed by atoms with Crippen LogP contribution < -0.4 is 4.74 Å². The van der Waals surface area contributed by atoms with Gasteiger partial charge in [0.05, 0.1) is 66.3 Å². The highest BCUT2D eigenvalue weighted by atomic mass is 32.2. The number of hydrogen-bond acceptors (Lipinski definition) is 5. The maximum Gasteiger partial charge on any atom is 0.164 e. The highest BCUT2D eigenvalue weighted by Gasteiger charge is 2.53. The van der Waals surface area contributed by atoms with Crippen LogP contribution >= 0.6 is 11.8 Å². The number of rotatable bonds is 7. The van der Waals surface area contributed by atoms with Crippen molar-refractivity contribution in [2.24, 2.45) is 0 Å². The van der Waals surface area contributed by atoms with Crippen molar-refractivity contribution in [1.29, 1.82) is 0 Å². The van der Waals surface area contributed by atoms with Gasteiger partial charge in [-0.25, -0.2) is 15.0 Å². The van der Waals surface area contributed by atoms with Crippen LogP contribution in [0.15, 0.2) is 404 Å². The molecule has 5 aromatic heterocycles. The van der Waals surface area contributed by atoms with E-state index in [1.54, 1.807) is 0 Å². The summed E-state index contributed by atoms with van der Waals surface area (Å²) in [5.74, 6) is 3.45. The normalized spacial score (nSPS) is 15.3. The Bertz CT molecular complexity index is 8450. The molecule has 2 atom stereocenters. The predicted octanol–water partition coefficient (Wildman–Crippen LogP) is 27.7. The number of hydrogen-bond donors (Lipinski definition) is 0. The summed E-state index contributed by atoms with van der Waals surface area (Å²) in [4.78, 5) is 18.8. The van der Waals surface area contributed by atoms with Gasteiger partial charge in [0.1, 0.15) is 11.5 Å². The molecule has 27 rings (SSSR count). The lowest BCUT2D eigenvalue weighted by Gasteiger charge is -2.45. The Kier molecular flexibility index (Phi) is 13.5. The molecule has 0 fully saturated rings. The van der Waals surface area contributed by atoms with Crippen LogP contribution in [0.2, 0.25) is 0 Å². The lowest BCUT2D eigenvalue weighted by molar-refractivity contribution is 0.435. The van der Waals surface area contributed by atoms with E-state index in [9.17, 15) is 0 Å². The second-order valence-corrected chi connectivity index (χ2v) is 33.4. The Morgan fingerprint density at radius 3 is 1.45 bits per heavy atom. The predicted molar refractivity (Wildman–Crippen MR) is 490 cm³/mol. The fraction of sp³-hybridized carbons (Fsp3) is 0.0180. The van der Waals surface area contributed by atoms with Gasteiger partial charge in [0.15, 0.2) is 17.5 Å². The molecule has 18 aromatic carbocycles. The highest BCUT2D eigenvalue weighted by molar-refractivity contribution is 7.99. The van der Waals surface area contributed by atoms with Crippen molar-refractivity contribution < 1.29 is 4.74 Å². The Balaban J connectivity index is 0.602. The van der Waals surface area contributed by atoms with E-state index in [2.05, 4.69) is 407 Å². The third kappa shape index (κ3) is 8.81. The molecule has 0 amide bonds. The van der Waals surface area contributed by atoms with Gasteiger partial charge in [-0.05, 0) is 163 Å². The summed E-state index contributed by atoms with van der Waals surface area (Å²) in [5.41, 5.74) is 29.1. The number of nitrogens with zero attached hydrogens (tertiary/aromatic N) is 7. The van der Waals surface area contributed by atoms with E-state index in [0.717, 1.165) is 106 Å². The molecular formula is C111H65N7OS. The van der Waals surface area contributed by atoms with Crippen LogP contribution in [0, 0.1) is 0 Å². The van der Waals surface area contributed by atoms with Crippen LogP contribution in [0.4, 0.5) is 0 Å². The lowest BCUT2D eigenvalue weighted by atomic mass is 9.61. The summed E-state index contributed by atoms with van der Waals surface area (Å²) < 4.78 is 17.3. The molecule has 120 heavy (non-hydrogen) atoms. The first kappa shape index (κ1) is 65.8. The van der Waals surface area contributed by atoms with Gasteiger partial charge in [-0.3, -0.25) is 0 Å². The Morgan fingerprint density at radius 2 is 0.717 bits per heavy atom. The summed E-state index contributed by atoms with van der Waals surface area (Å²) in [7, 11) is 0. The molecule has 0 saturated heterocycles. The Hall–Kier alpha value is -15.4. The van der Waals surface area contributed by atoms with Gasteiger partial charge >= 0.3 is 0 Å². The molecule has 0 radical (unpaired) electrons. The smallest absolute Gasteiger partial charge is 0.164 e. The summed E-state index contributed by atoms with van der Waals surface area (Å²) >= 11 is 1.89. The molecule has 4 aliphatic heterocycles. The van der Waals surface area contributed by atoms with E-state index in [1.165, 1.54) is 120 Å². The minimum Gasteiger partial charge on any atom is -0.457 e.